The minimum absolute atomic E-state index is 0.314. The fraction of sp³-hybridized carbons (Fsp3) is 0.0714. The maximum atomic E-state index is 10.7. The molecule has 0 atom stereocenters. The molecule has 7 heteroatoms. The van der Waals surface area contributed by atoms with E-state index in [1.807, 2.05) is 31.2 Å². The number of hydrogen-bond acceptors (Lipinski definition) is 5. The highest BCUT2D eigenvalue weighted by molar-refractivity contribution is 5.86. The van der Waals surface area contributed by atoms with Gasteiger partial charge in [0.2, 0.25) is 0 Å². The van der Waals surface area contributed by atoms with Crippen LogP contribution in [-0.4, -0.2) is 15.1 Å². The van der Waals surface area contributed by atoms with Gasteiger partial charge >= 0.3 is 5.88 Å². The van der Waals surface area contributed by atoms with Crippen LogP contribution in [0.1, 0.15) is 5.56 Å². The molecule has 0 aliphatic carbocycles. The molecule has 0 saturated heterocycles. The van der Waals surface area contributed by atoms with E-state index in [0.29, 0.717) is 22.8 Å². The Balaban J connectivity index is 2.14. The maximum Gasteiger partial charge on any atom is 0.433 e. The smallest absolute Gasteiger partial charge is 0.399 e. The number of aromatic nitrogens is 2. The van der Waals surface area contributed by atoms with Crippen LogP contribution in [0.25, 0.3) is 22.6 Å². The van der Waals surface area contributed by atoms with Crippen molar-refractivity contribution >= 4 is 11.7 Å². The van der Waals surface area contributed by atoms with Crippen molar-refractivity contribution in [3.63, 3.8) is 0 Å². The van der Waals surface area contributed by atoms with E-state index >= 15 is 0 Å². The Morgan fingerprint density at radius 3 is 2.81 bits per heavy atom. The average molecular weight is 284 g/mol. The third-order valence-electron chi connectivity index (χ3n) is 3.12. The molecule has 0 radical (unpaired) electrons. The highest BCUT2D eigenvalue weighted by Gasteiger charge is 2.20. The van der Waals surface area contributed by atoms with E-state index in [1.54, 1.807) is 0 Å². The largest absolute Gasteiger partial charge is 0.433 e. The lowest BCUT2D eigenvalue weighted by Crippen LogP contribution is -1.89. The summed E-state index contributed by atoms with van der Waals surface area (Å²) in [4.78, 5) is 10.1. The summed E-state index contributed by atoms with van der Waals surface area (Å²) in [7, 11) is 0. The molecular weight excluding hydrogens is 272 g/mol. The molecule has 0 spiro atoms. The highest BCUT2D eigenvalue weighted by Crippen LogP contribution is 2.36. The number of benzene rings is 1. The molecule has 0 aliphatic heterocycles. The van der Waals surface area contributed by atoms with Crippen LogP contribution in [0.2, 0.25) is 0 Å². The lowest BCUT2D eigenvalue weighted by atomic mass is 10.0. The van der Waals surface area contributed by atoms with Crippen LogP contribution in [0.4, 0.5) is 11.7 Å². The summed E-state index contributed by atoms with van der Waals surface area (Å²) < 4.78 is 5.21. The number of hydrogen-bond donors (Lipinski definition) is 2. The van der Waals surface area contributed by atoms with E-state index < -0.39 is 4.92 Å². The number of rotatable bonds is 3. The van der Waals surface area contributed by atoms with Crippen LogP contribution in [0, 0.1) is 17.0 Å². The maximum absolute atomic E-state index is 10.7. The molecule has 106 valence electrons. The van der Waals surface area contributed by atoms with Gasteiger partial charge in [-0.1, -0.05) is 29.8 Å². The Morgan fingerprint density at radius 2 is 2.14 bits per heavy atom. The van der Waals surface area contributed by atoms with Crippen LogP contribution in [-0.2, 0) is 0 Å². The van der Waals surface area contributed by atoms with Crippen LogP contribution < -0.4 is 5.73 Å². The first kappa shape index (κ1) is 12.9. The van der Waals surface area contributed by atoms with Gasteiger partial charge in [0.05, 0.1) is 11.6 Å². The number of nitrogens with zero attached hydrogens (tertiary/aromatic N) is 2. The molecule has 0 saturated carbocycles. The molecule has 0 amide bonds. The second-order valence-electron chi connectivity index (χ2n) is 4.62. The topological polar surface area (TPSA) is 111 Å². The summed E-state index contributed by atoms with van der Waals surface area (Å²) >= 11 is 0. The van der Waals surface area contributed by atoms with E-state index in [1.165, 1.54) is 12.1 Å². The van der Waals surface area contributed by atoms with Crippen molar-refractivity contribution in [1.82, 2.24) is 10.2 Å². The number of furan rings is 1. The molecule has 0 aliphatic rings. The number of aryl methyl sites for hydroxylation is 1. The minimum Gasteiger partial charge on any atom is -0.399 e. The highest BCUT2D eigenvalue weighted by atomic mass is 16.6. The number of H-pyrrole nitrogens is 1. The first-order chi connectivity index (χ1) is 10.1. The Hall–Kier alpha value is -3.09. The van der Waals surface area contributed by atoms with E-state index in [4.69, 9.17) is 10.2 Å². The zero-order valence-electron chi connectivity index (χ0n) is 11.2. The minimum atomic E-state index is -0.588. The fourth-order valence-corrected chi connectivity index (χ4v) is 2.19. The fourth-order valence-electron chi connectivity index (χ4n) is 2.19. The summed E-state index contributed by atoms with van der Waals surface area (Å²) in [5, 5.41) is 17.5. The van der Waals surface area contributed by atoms with E-state index in [-0.39, 0.29) is 5.88 Å². The monoisotopic (exact) mass is 284 g/mol. The van der Waals surface area contributed by atoms with Gasteiger partial charge in [-0.15, -0.1) is 0 Å². The summed E-state index contributed by atoms with van der Waals surface area (Å²) in [5.41, 5.74) is 9.04. The Morgan fingerprint density at radius 1 is 1.33 bits per heavy atom. The molecular formula is C14H12N4O3. The first-order valence-corrected chi connectivity index (χ1v) is 6.21. The van der Waals surface area contributed by atoms with Crippen LogP contribution >= 0.6 is 0 Å². The van der Waals surface area contributed by atoms with Gasteiger partial charge in [-0.2, -0.15) is 5.10 Å². The van der Waals surface area contributed by atoms with E-state index in [2.05, 4.69) is 10.2 Å². The molecule has 3 rings (SSSR count). The number of nitrogens with one attached hydrogen (secondary N) is 1. The van der Waals surface area contributed by atoms with Crippen molar-refractivity contribution < 1.29 is 9.34 Å². The number of aromatic amines is 1. The number of nitrogens with two attached hydrogens (primary N) is 1. The molecule has 0 unspecified atom stereocenters. The van der Waals surface area contributed by atoms with Crippen LogP contribution in [0.15, 0.2) is 40.8 Å². The molecule has 0 bridgehead atoms. The van der Waals surface area contributed by atoms with Gasteiger partial charge in [0, 0.05) is 0 Å². The Kier molecular flexibility index (Phi) is 2.94. The third kappa shape index (κ3) is 2.25. The number of nitro groups is 1. The van der Waals surface area contributed by atoms with Gasteiger partial charge in [-0.3, -0.25) is 15.2 Å². The summed E-state index contributed by atoms with van der Waals surface area (Å²) in [6, 6.07) is 10.6. The molecule has 2 heterocycles. The quantitative estimate of drug-likeness (QED) is 0.567. The number of anilines is 1. The average Bonchev–Trinajstić information content (AvgIpc) is 3.05. The van der Waals surface area contributed by atoms with Crippen LogP contribution in [0.5, 0.6) is 0 Å². The number of nitrogen functional groups attached to an aromatic ring is 1. The molecule has 7 nitrogen and oxygen atoms in total. The summed E-state index contributed by atoms with van der Waals surface area (Å²) in [6.07, 6.45) is 0. The van der Waals surface area contributed by atoms with Gasteiger partial charge in [-0.05, 0) is 18.6 Å². The van der Waals surface area contributed by atoms with Crippen molar-refractivity contribution in [1.29, 1.82) is 0 Å². The zero-order valence-corrected chi connectivity index (χ0v) is 11.2. The van der Waals surface area contributed by atoms with Gasteiger partial charge in [0.1, 0.15) is 10.6 Å². The van der Waals surface area contributed by atoms with Crippen molar-refractivity contribution in [3.05, 3.63) is 52.1 Å². The van der Waals surface area contributed by atoms with Gasteiger partial charge in [-0.25, -0.2) is 0 Å². The van der Waals surface area contributed by atoms with Gasteiger partial charge in [0.15, 0.2) is 11.6 Å². The SMILES string of the molecule is Cc1cccc(-c2c(N)n[nH]c2-c2ccc([N+](=O)[O-])o2)c1. The van der Waals surface area contributed by atoms with Crippen molar-refractivity contribution in [2.45, 2.75) is 6.92 Å². The van der Waals surface area contributed by atoms with Crippen molar-refractivity contribution in [3.8, 4) is 22.6 Å². The predicted molar refractivity (Wildman–Crippen MR) is 77.5 cm³/mol. The Bertz CT molecular complexity index is 819. The first-order valence-electron chi connectivity index (χ1n) is 6.21. The lowest BCUT2D eigenvalue weighted by molar-refractivity contribution is -0.401. The third-order valence-corrected chi connectivity index (χ3v) is 3.12. The molecule has 3 aromatic rings. The van der Waals surface area contributed by atoms with Gasteiger partial charge < -0.3 is 10.2 Å². The van der Waals surface area contributed by atoms with Gasteiger partial charge in [0.25, 0.3) is 0 Å². The van der Waals surface area contributed by atoms with E-state index in [0.717, 1.165) is 11.1 Å². The Labute approximate surface area is 119 Å². The molecule has 0 fully saturated rings. The second kappa shape index (κ2) is 4.78. The zero-order chi connectivity index (χ0) is 15.0. The normalized spacial score (nSPS) is 10.7. The van der Waals surface area contributed by atoms with E-state index in [9.17, 15) is 10.1 Å². The van der Waals surface area contributed by atoms with Crippen molar-refractivity contribution in [2.75, 3.05) is 5.73 Å². The molecule has 2 aromatic heterocycles. The second-order valence-corrected chi connectivity index (χ2v) is 4.62. The standard InChI is InChI=1S/C14H12N4O3/c1-8-3-2-4-9(7-8)12-13(16-17-14(12)15)10-5-6-11(21-10)18(19)20/h2-7H,1H3,(H3,15,16,17). The summed E-state index contributed by atoms with van der Waals surface area (Å²) in [5.74, 6) is 0.311. The molecule has 3 N–H and O–H groups in total. The van der Waals surface area contributed by atoms with Crippen molar-refractivity contribution in [2.24, 2.45) is 0 Å². The molecule has 1 aromatic carbocycles. The van der Waals surface area contributed by atoms with Crippen LogP contribution in [0.3, 0.4) is 0 Å². The summed E-state index contributed by atoms with van der Waals surface area (Å²) in [6.45, 7) is 1.97. The molecule has 21 heavy (non-hydrogen) atoms. The predicted octanol–water partition coefficient (Wildman–Crippen LogP) is 3.14. The lowest BCUT2D eigenvalue weighted by Gasteiger charge is -2.03.